The number of hydrazine groups is 1. The van der Waals surface area contributed by atoms with Gasteiger partial charge in [0.1, 0.15) is 0 Å². The first-order chi connectivity index (χ1) is 8.69. The van der Waals surface area contributed by atoms with Gasteiger partial charge in [0, 0.05) is 12.6 Å². The molecule has 3 nitrogen and oxygen atoms in total. The van der Waals surface area contributed by atoms with Crippen LogP contribution in [0, 0.1) is 19.8 Å². The molecule has 0 bridgehead atoms. The normalized spacial score (nSPS) is 21.8. The number of rotatable bonds is 4. The molecule has 1 aromatic rings. The van der Waals surface area contributed by atoms with E-state index in [4.69, 9.17) is 10.6 Å². The molecule has 2 unspecified atom stereocenters. The van der Waals surface area contributed by atoms with Crippen molar-refractivity contribution >= 4 is 0 Å². The van der Waals surface area contributed by atoms with Crippen LogP contribution in [0.15, 0.2) is 18.2 Å². The lowest BCUT2D eigenvalue weighted by atomic mass is 9.89. The summed E-state index contributed by atoms with van der Waals surface area (Å²) in [6.45, 7) is 6.02. The first kappa shape index (κ1) is 13.5. The molecule has 0 aliphatic carbocycles. The molecule has 0 amide bonds. The van der Waals surface area contributed by atoms with E-state index in [0.29, 0.717) is 12.0 Å². The fourth-order valence-electron chi connectivity index (χ4n) is 2.89. The minimum Gasteiger partial charge on any atom is -0.381 e. The van der Waals surface area contributed by atoms with Gasteiger partial charge in [0.05, 0.1) is 6.61 Å². The third-order valence-corrected chi connectivity index (χ3v) is 3.72. The summed E-state index contributed by atoms with van der Waals surface area (Å²) in [7, 11) is 0. The Bertz CT molecular complexity index is 366. The van der Waals surface area contributed by atoms with Gasteiger partial charge in [0.2, 0.25) is 0 Å². The summed E-state index contributed by atoms with van der Waals surface area (Å²) in [6.07, 6.45) is 3.34. The molecule has 100 valence electrons. The summed E-state index contributed by atoms with van der Waals surface area (Å²) in [4.78, 5) is 0. The van der Waals surface area contributed by atoms with E-state index in [2.05, 4.69) is 37.5 Å². The molecule has 0 saturated carbocycles. The lowest BCUT2D eigenvalue weighted by Gasteiger charge is -2.30. The van der Waals surface area contributed by atoms with Gasteiger partial charge in [-0.1, -0.05) is 29.3 Å². The van der Waals surface area contributed by atoms with E-state index in [0.717, 1.165) is 26.1 Å². The van der Waals surface area contributed by atoms with Crippen LogP contribution in [0.25, 0.3) is 0 Å². The van der Waals surface area contributed by atoms with Crippen LogP contribution in [0.2, 0.25) is 0 Å². The summed E-state index contributed by atoms with van der Waals surface area (Å²) < 4.78 is 5.55. The second-order valence-corrected chi connectivity index (χ2v) is 5.45. The maximum Gasteiger partial charge on any atom is 0.0509 e. The number of hydrogen-bond donors (Lipinski definition) is 2. The molecule has 2 rings (SSSR count). The Balaban J connectivity index is 2.04. The fraction of sp³-hybridized carbons (Fsp3) is 0.600. The number of benzene rings is 1. The van der Waals surface area contributed by atoms with Crippen molar-refractivity contribution in [2.24, 2.45) is 11.8 Å². The van der Waals surface area contributed by atoms with E-state index in [1.807, 2.05) is 0 Å². The van der Waals surface area contributed by atoms with Gasteiger partial charge in [-0.25, -0.2) is 0 Å². The van der Waals surface area contributed by atoms with Crippen molar-refractivity contribution in [2.45, 2.75) is 39.2 Å². The van der Waals surface area contributed by atoms with Crippen molar-refractivity contribution in [3.8, 4) is 0 Å². The average molecular weight is 248 g/mol. The van der Waals surface area contributed by atoms with Gasteiger partial charge in [0.15, 0.2) is 0 Å². The van der Waals surface area contributed by atoms with Crippen LogP contribution in [-0.4, -0.2) is 19.3 Å². The highest BCUT2D eigenvalue weighted by atomic mass is 16.5. The summed E-state index contributed by atoms with van der Waals surface area (Å²) in [5, 5.41) is 0. The van der Waals surface area contributed by atoms with Gasteiger partial charge in [-0.2, -0.15) is 0 Å². The Morgan fingerprint density at radius 1 is 1.33 bits per heavy atom. The monoisotopic (exact) mass is 248 g/mol. The maximum atomic E-state index is 5.72. The van der Waals surface area contributed by atoms with Crippen LogP contribution >= 0.6 is 0 Å². The van der Waals surface area contributed by atoms with Gasteiger partial charge < -0.3 is 4.74 Å². The molecule has 1 heterocycles. The van der Waals surface area contributed by atoms with Gasteiger partial charge in [-0.15, -0.1) is 0 Å². The Kier molecular flexibility index (Phi) is 4.75. The first-order valence-corrected chi connectivity index (χ1v) is 6.80. The lowest BCUT2D eigenvalue weighted by molar-refractivity contribution is 0.0393. The zero-order valence-electron chi connectivity index (χ0n) is 11.4. The molecule has 1 fully saturated rings. The molecule has 3 heteroatoms. The van der Waals surface area contributed by atoms with Crippen LogP contribution in [0.3, 0.4) is 0 Å². The highest BCUT2D eigenvalue weighted by molar-refractivity contribution is 5.29. The first-order valence-electron chi connectivity index (χ1n) is 6.80. The van der Waals surface area contributed by atoms with E-state index in [9.17, 15) is 0 Å². The second kappa shape index (κ2) is 6.32. The van der Waals surface area contributed by atoms with Gasteiger partial charge in [-0.05, 0) is 44.6 Å². The van der Waals surface area contributed by atoms with E-state index in [1.54, 1.807) is 0 Å². The van der Waals surface area contributed by atoms with Crippen LogP contribution in [0.1, 0.15) is 29.5 Å². The largest absolute Gasteiger partial charge is 0.381 e. The van der Waals surface area contributed by atoms with Crippen molar-refractivity contribution < 1.29 is 4.74 Å². The Morgan fingerprint density at radius 3 is 2.61 bits per heavy atom. The number of nitrogens with two attached hydrogens (primary N) is 1. The average Bonchev–Trinajstić information content (AvgIpc) is 2.36. The highest BCUT2D eigenvalue weighted by Crippen LogP contribution is 2.21. The van der Waals surface area contributed by atoms with Crippen LogP contribution in [0.5, 0.6) is 0 Å². The van der Waals surface area contributed by atoms with E-state index in [1.165, 1.54) is 23.1 Å². The molecule has 3 N–H and O–H groups in total. The van der Waals surface area contributed by atoms with Crippen LogP contribution < -0.4 is 11.3 Å². The molecule has 0 aromatic heterocycles. The summed E-state index contributed by atoms with van der Waals surface area (Å²) >= 11 is 0. The van der Waals surface area contributed by atoms with Crippen LogP contribution in [-0.2, 0) is 11.2 Å². The molecule has 0 spiro atoms. The van der Waals surface area contributed by atoms with E-state index >= 15 is 0 Å². The van der Waals surface area contributed by atoms with Crippen LogP contribution in [0.4, 0.5) is 0 Å². The predicted octanol–water partition coefficient (Wildman–Crippen LogP) is 2.10. The molecule has 2 atom stereocenters. The molecule has 0 radical (unpaired) electrons. The number of ether oxygens (including phenoxy) is 1. The topological polar surface area (TPSA) is 47.3 Å². The molecule has 1 aliphatic rings. The molecule has 1 aliphatic heterocycles. The van der Waals surface area contributed by atoms with Crippen molar-refractivity contribution in [3.63, 3.8) is 0 Å². The minimum atomic E-state index is 0.312. The predicted molar refractivity (Wildman–Crippen MR) is 74.3 cm³/mol. The molecule has 18 heavy (non-hydrogen) atoms. The summed E-state index contributed by atoms with van der Waals surface area (Å²) in [6, 6.07) is 7.02. The lowest BCUT2D eigenvalue weighted by Crippen LogP contribution is -2.45. The smallest absolute Gasteiger partial charge is 0.0509 e. The molecular weight excluding hydrogens is 224 g/mol. The molecular formula is C15H24N2O. The minimum absolute atomic E-state index is 0.312. The zero-order valence-corrected chi connectivity index (χ0v) is 11.4. The fourth-order valence-corrected chi connectivity index (χ4v) is 2.89. The van der Waals surface area contributed by atoms with Gasteiger partial charge >= 0.3 is 0 Å². The standard InChI is InChI=1S/C15H24N2O/c1-11-6-12(2)8-13(7-11)9-15(17-16)14-4-3-5-18-10-14/h6-8,14-15,17H,3-5,9-10,16H2,1-2H3. The Hall–Kier alpha value is -0.900. The summed E-state index contributed by atoms with van der Waals surface area (Å²) in [5.74, 6) is 6.25. The van der Waals surface area contributed by atoms with Gasteiger partial charge in [0.25, 0.3) is 0 Å². The van der Waals surface area contributed by atoms with Crippen molar-refractivity contribution in [3.05, 3.63) is 34.9 Å². The Labute approximate surface area is 110 Å². The van der Waals surface area contributed by atoms with Gasteiger partial charge in [-0.3, -0.25) is 11.3 Å². The molecule has 1 saturated heterocycles. The third-order valence-electron chi connectivity index (χ3n) is 3.72. The SMILES string of the molecule is Cc1cc(C)cc(CC(NN)C2CCCOC2)c1. The summed E-state index contributed by atoms with van der Waals surface area (Å²) in [5.41, 5.74) is 6.98. The highest BCUT2D eigenvalue weighted by Gasteiger charge is 2.23. The number of hydrogen-bond acceptors (Lipinski definition) is 3. The second-order valence-electron chi connectivity index (χ2n) is 5.45. The third kappa shape index (κ3) is 3.55. The van der Waals surface area contributed by atoms with Crippen molar-refractivity contribution in [1.82, 2.24) is 5.43 Å². The number of nitrogens with one attached hydrogen (secondary N) is 1. The van der Waals surface area contributed by atoms with Crippen molar-refractivity contribution in [2.75, 3.05) is 13.2 Å². The zero-order chi connectivity index (χ0) is 13.0. The van der Waals surface area contributed by atoms with E-state index < -0.39 is 0 Å². The maximum absolute atomic E-state index is 5.72. The van der Waals surface area contributed by atoms with E-state index in [-0.39, 0.29) is 0 Å². The number of aryl methyl sites for hydroxylation is 2. The van der Waals surface area contributed by atoms with Crippen molar-refractivity contribution in [1.29, 1.82) is 0 Å². The Morgan fingerprint density at radius 2 is 2.06 bits per heavy atom. The molecule has 1 aromatic carbocycles. The quantitative estimate of drug-likeness (QED) is 0.633.